The molecule has 0 unspecified atom stereocenters. The van der Waals surface area contributed by atoms with Gasteiger partial charge in [0.05, 0.1) is 5.69 Å². The molecule has 5 heteroatoms. The zero-order valence-corrected chi connectivity index (χ0v) is 13.5. The van der Waals surface area contributed by atoms with Gasteiger partial charge in [-0.05, 0) is 29.5 Å². The number of anilines is 2. The van der Waals surface area contributed by atoms with Crippen LogP contribution < -0.4 is 5.32 Å². The molecule has 0 saturated carbocycles. The lowest BCUT2D eigenvalue weighted by Crippen LogP contribution is -2.10. The van der Waals surface area contributed by atoms with E-state index in [-0.39, 0.29) is 5.41 Å². The Balaban J connectivity index is 2.20. The van der Waals surface area contributed by atoms with Crippen molar-refractivity contribution in [2.45, 2.75) is 39.5 Å². The summed E-state index contributed by atoms with van der Waals surface area (Å²) in [6.07, 6.45) is 0.614. The molecule has 0 saturated heterocycles. The van der Waals surface area contributed by atoms with Crippen LogP contribution in [0.25, 0.3) is 0 Å². The first kappa shape index (κ1) is 15.5. The summed E-state index contributed by atoms with van der Waals surface area (Å²) in [4.78, 5) is 15.8. The van der Waals surface area contributed by atoms with E-state index < -0.39 is 5.97 Å². The number of nitrogens with zero attached hydrogens (tertiary/aromatic N) is 1. The van der Waals surface area contributed by atoms with Crippen LogP contribution in [-0.2, 0) is 11.8 Å². The molecular weight excluding hydrogens is 284 g/mol. The Kier molecular flexibility index (Phi) is 4.32. The number of aromatic nitrogens is 1. The summed E-state index contributed by atoms with van der Waals surface area (Å²) in [5, 5.41) is 12.9. The van der Waals surface area contributed by atoms with Crippen molar-refractivity contribution in [3.05, 3.63) is 40.4 Å². The summed E-state index contributed by atoms with van der Waals surface area (Å²) >= 11 is 1.18. The molecular formula is C16H20N2O2S. The van der Waals surface area contributed by atoms with Crippen molar-refractivity contribution in [2.24, 2.45) is 0 Å². The van der Waals surface area contributed by atoms with Gasteiger partial charge < -0.3 is 10.4 Å². The van der Waals surface area contributed by atoms with Crippen LogP contribution in [-0.4, -0.2) is 16.1 Å². The fourth-order valence-electron chi connectivity index (χ4n) is 1.99. The largest absolute Gasteiger partial charge is 0.477 e. The van der Waals surface area contributed by atoms with E-state index in [1.165, 1.54) is 16.9 Å². The molecule has 2 aromatic rings. The minimum Gasteiger partial charge on any atom is -0.477 e. The number of carboxylic acid groups (broad SMARTS) is 1. The average molecular weight is 304 g/mol. The highest BCUT2D eigenvalue weighted by atomic mass is 32.1. The summed E-state index contributed by atoms with van der Waals surface area (Å²) in [6, 6.07) is 8.14. The molecule has 0 atom stereocenters. The second-order valence-electron chi connectivity index (χ2n) is 5.91. The van der Waals surface area contributed by atoms with E-state index in [0.717, 1.165) is 5.69 Å². The summed E-state index contributed by atoms with van der Waals surface area (Å²) in [5.41, 5.74) is 2.91. The van der Waals surface area contributed by atoms with Crippen LogP contribution in [0.5, 0.6) is 0 Å². The predicted octanol–water partition coefficient (Wildman–Crippen LogP) is 4.44. The molecule has 0 amide bonds. The van der Waals surface area contributed by atoms with Crippen LogP contribution in [0.4, 0.5) is 10.8 Å². The lowest BCUT2D eigenvalue weighted by atomic mass is 9.87. The van der Waals surface area contributed by atoms with Crippen molar-refractivity contribution < 1.29 is 9.90 Å². The fourth-order valence-corrected chi connectivity index (χ4v) is 2.90. The number of aromatic carboxylic acids is 1. The summed E-state index contributed by atoms with van der Waals surface area (Å²) in [6.45, 7) is 8.41. The first-order chi connectivity index (χ1) is 9.81. The molecule has 0 aliphatic heterocycles. The molecule has 0 bridgehead atoms. The number of benzene rings is 1. The number of hydrogen-bond donors (Lipinski definition) is 2. The van der Waals surface area contributed by atoms with Gasteiger partial charge in [-0.15, -0.1) is 0 Å². The fraction of sp³-hybridized carbons (Fsp3) is 0.375. The van der Waals surface area contributed by atoms with Crippen molar-refractivity contribution in [3.63, 3.8) is 0 Å². The van der Waals surface area contributed by atoms with E-state index in [4.69, 9.17) is 5.11 Å². The molecule has 0 radical (unpaired) electrons. The second-order valence-corrected chi connectivity index (χ2v) is 6.90. The van der Waals surface area contributed by atoms with Crippen molar-refractivity contribution >= 4 is 28.1 Å². The maximum absolute atomic E-state index is 11.1. The zero-order valence-electron chi connectivity index (χ0n) is 12.7. The van der Waals surface area contributed by atoms with Crippen molar-refractivity contribution in [2.75, 3.05) is 5.32 Å². The zero-order chi connectivity index (χ0) is 15.6. The Morgan fingerprint density at radius 1 is 1.29 bits per heavy atom. The minimum atomic E-state index is -0.916. The van der Waals surface area contributed by atoms with Crippen LogP contribution in [0.1, 0.15) is 48.6 Å². The molecule has 2 N–H and O–H groups in total. The van der Waals surface area contributed by atoms with Gasteiger partial charge >= 0.3 is 5.97 Å². The number of hydrogen-bond acceptors (Lipinski definition) is 4. The van der Waals surface area contributed by atoms with Crippen LogP contribution in [0, 0.1) is 0 Å². The topological polar surface area (TPSA) is 62.2 Å². The molecule has 1 aromatic heterocycles. The molecule has 1 aromatic carbocycles. The average Bonchev–Trinajstić information content (AvgIpc) is 2.81. The third kappa shape index (κ3) is 3.61. The van der Waals surface area contributed by atoms with Gasteiger partial charge in [0.1, 0.15) is 4.88 Å². The molecule has 0 fully saturated rings. The van der Waals surface area contributed by atoms with Crippen molar-refractivity contribution in [1.29, 1.82) is 0 Å². The first-order valence-electron chi connectivity index (χ1n) is 6.92. The van der Waals surface area contributed by atoms with Gasteiger partial charge in [-0.1, -0.05) is 51.2 Å². The molecule has 0 aliphatic carbocycles. The van der Waals surface area contributed by atoms with E-state index >= 15 is 0 Å². The minimum absolute atomic E-state index is 0.117. The molecule has 112 valence electrons. The standard InChI is InChI=1S/C16H20N2O2S/c1-5-12-13(14(19)20)21-15(18-12)17-11-8-6-10(7-9-11)16(2,3)4/h6-9H,5H2,1-4H3,(H,17,18)(H,19,20). The molecule has 21 heavy (non-hydrogen) atoms. The predicted molar refractivity (Wildman–Crippen MR) is 86.9 cm³/mol. The summed E-state index contributed by atoms with van der Waals surface area (Å²) in [5.74, 6) is -0.916. The van der Waals surface area contributed by atoms with Crippen LogP contribution in [0.15, 0.2) is 24.3 Å². The summed E-state index contributed by atoms with van der Waals surface area (Å²) in [7, 11) is 0. The maximum Gasteiger partial charge on any atom is 0.347 e. The van der Waals surface area contributed by atoms with Gasteiger partial charge in [0, 0.05) is 5.69 Å². The Morgan fingerprint density at radius 2 is 1.90 bits per heavy atom. The number of carboxylic acids is 1. The normalized spacial score (nSPS) is 11.4. The Morgan fingerprint density at radius 3 is 2.33 bits per heavy atom. The first-order valence-corrected chi connectivity index (χ1v) is 7.73. The highest BCUT2D eigenvalue weighted by Gasteiger charge is 2.16. The van der Waals surface area contributed by atoms with E-state index in [1.807, 2.05) is 19.1 Å². The number of nitrogens with one attached hydrogen (secondary N) is 1. The lowest BCUT2D eigenvalue weighted by Gasteiger charge is -2.19. The van der Waals surface area contributed by atoms with E-state index in [0.29, 0.717) is 22.1 Å². The summed E-state index contributed by atoms with van der Waals surface area (Å²) < 4.78 is 0. The highest BCUT2D eigenvalue weighted by molar-refractivity contribution is 7.17. The van der Waals surface area contributed by atoms with E-state index in [9.17, 15) is 4.79 Å². The monoisotopic (exact) mass is 304 g/mol. The second kappa shape index (κ2) is 5.85. The van der Waals surface area contributed by atoms with Gasteiger partial charge in [-0.2, -0.15) is 0 Å². The quantitative estimate of drug-likeness (QED) is 0.876. The van der Waals surface area contributed by atoms with Gasteiger partial charge in [0.2, 0.25) is 0 Å². The van der Waals surface area contributed by atoms with Gasteiger partial charge in [-0.3, -0.25) is 0 Å². The Labute approximate surface area is 128 Å². The van der Waals surface area contributed by atoms with Crippen LogP contribution >= 0.6 is 11.3 Å². The van der Waals surface area contributed by atoms with Crippen molar-refractivity contribution in [3.8, 4) is 0 Å². The van der Waals surface area contributed by atoms with Gasteiger partial charge in [0.15, 0.2) is 5.13 Å². The molecule has 0 spiro atoms. The molecule has 4 nitrogen and oxygen atoms in total. The SMILES string of the molecule is CCc1nc(Nc2ccc(C(C)(C)C)cc2)sc1C(=O)O. The van der Waals surface area contributed by atoms with Gasteiger partial charge in [-0.25, -0.2) is 9.78 Å². The van der Waals surface area contributed by atoms with Gasteiger partial charge in [0.25, 0.3) is 0 Å². The lowest BCUT2D eigenvalue weighted by molar-refractivity contribution is 0.0701. The van der Waals surface area contributed by atoms with Crippen LogP contribution in [0.3, 0.4) is 0 Å². The smallest absolute Gasteiger partial charge is 0.347 e. The molecule has 2 rings (SSSR count). The molecule has 0 aliphatic rings. The third-order valence-corrected chi connectivity index (χ3v) is 4.23. The molecule has 1 heterocycles. The Hall–Kier alpha value is -1.88. The Bertz CT molecular complexity index is 639. The van der Waals surface area contributed by atoms with Crippen molar-refractivity contribution in [1.82, 2.24) is 4.98 Å². The van der Waals surface area contributed by atoms with E-state index in [2.05, 4.69) is 43.2 Å². The van der Waals surface area contributed by atoms with Crippen LogP contribution in [0.2, 0.25) is 0 Å². The highest BCUT2D eigenvalue weighted by Crippen LogP contribution is 2.28. The number of rotatable bonds is 4. The number of thiazole rings is 1. The maximum atomic E-state index is 11.1. The number of carbonyl (C=O) groups is 1. The number of aryl methyl sites for hydroxylation is 1. The third-order valence-electron chi connectivity index (χ3n) is 3.23. The van der Waals surface area contributed by atoms with E-state index in [1.54, 1.807) is 0 Å².